The molecule has 208 valence electrons. The molecular weight excluding hydrogens is 508 g/mol. The Morgan fingerprint density at radius 3 is 1.68 bits per heavy atom. The molecule has 1 aliphatic rings. The lowest BCUT2D eigenvalue weighted by Gasteiger charge is -2.14. The van der Waals surface area contributed by atoms with Crippen LogP contribution in [-0.2, 0) is 25.7 Å². The van der Waals surface area contributed by atoms with Gasteiger partial charge >= 0.3 is 0 Å². The van der Waals surface area contributed by atoms with Crippen LogP contribution in [0.5, 0.6) is 46.0 Å². The molecule has 0 bridgehead atoms. The Labute approximate surface area is 235 Å². The molecule has 1 aliphatic heterocycles. The first-order valence-corrected chi connectivity index (χ1v) is 13.2. The summed E-state index contributed by atoms with van der Waals surface area (Å²) in [4.78, 5) is 0. The summed E-state index contributed by atoms with van der Waals surface area (Å²) in [5, 5.41) is 0. The van der Waals surface area contributed by atoms with E-state index in [0.717, 1.165) is 65.4 Å². The van der Waals surface area contributed by atoms with E-state index in [1.165, 1.54) is 5.56 Å². The Morgan fingerprint density at radius 2 is 1.05 bits per heavy atom. The maximum Gasteiger partial charge on any atom is 0.231 e. The number of hydrogen-bond acceptors (Lipinski definition) is 7. The number of aryl methyl sites for hydroxylation is 4. The topological polar surface area (TPSA) is 64.6 Å². The number of benzene rings is 4. The van der Waals surface area contributed by atoms with Crippen LogP contribution in [0.2, 0.25) is 0 Å². The normalized spacial score (nSPS) is 11.7. The van der Waals surface area contributed by atoms with Crippen molar-refractivity contribution in [1.82, 2.24) is 0 Å². The van der Waals surface area contributed by atoms with E-state index in [2.05, 4.69) is 12.1 Å². The highest BCUT2D eigenvalue weighted by Gasteiger charge is 2.22. The molecule has 4 aromatic carbocycles. The number of rotatable bonds is 12. The van der Waals surface area contributed by atoms with Gasteiger partial charge in [-0.1, -0.05) is 12.1 Å². The zero-order chi connectivity index (χ0) is 27.9. The molecule has 0 atom stereocenters. The summed E-state index contributed by atoms with van der Waals surface area (Å²) in [7, 11) is 6.65. The lowest BCUT2D eigenvalue weighted by molar-refractivity contribution is 0.172. The average Bonchev–Trinajstić information content (AvgIpc) is 3.48. The van der Waals surface area contributed by atoms with E-state index in [-0.39, 0.29) is 6.79 Å². The molecule has 4 aromatic rings. The Morgan fingerprint density at radius 1 is 0.525 bits per heavy atom. The van der Waals surface area contributed by atoms with Crippen LogP contribution in [-0.4, -0.2) is 35.2 Å². The average molecular weight is 543 g/mol. The van der Waals surface area contributed by atoms with Gasteiger partial charge in [0.15, 0.2) is 11.5 Å². The number of fused-ring (bicyclic) bond motifs is 1. The third-order valence-corrected chi connectivity index (χ3v) is 6.85. The predicted octanol–water partition coefficient (Wildman–Crippen LogP) is 6.81. The molecule has 40 heavy (non-hydrogen) atoms. The summed E-state index contributed by atoms with van der Waals surface area (Å²) in [5.41, 5.74) is 4.50. The molecule has 0 fully saturated rings. The third-order valence-electron chi connectivity index (χ3n) is 6.85. The summed E-state index contributed by atoms with van der Waals surface area (Å²) < 4.78 is 39.7. The van der Waals surface area contributed by atoms with Crippen molar-refractivity contribution in [3.8, 4) is 46.0 Å². The zero-order valence-corrected chi connectivity index (χ0v) is 23.3. The quantitative estimate of drug-likeness (QED) is 0.195. The van der Waals surface area contributed by atoms with Crippen LogP contribution in [0.3, 0.4) is 0 Å². The predicted molar refractivity (Wildman–Crippen MR) is 153 cm³/mol. The largest absolute Gasteiger partial charge is 0.497 e. The van der Waals surface area contributed by atoms with Gasteiger partial charge in [-0.3, -0.25) is 0 Å². The SMILES string of the molecule is COc1cccc(CCc2cc(OC)cc(Oc3cc(CCc4cc(OC)cc(OC)c4)cc4c3OCO4)c2)c1. The minimum absolute atomic E-state index is 0.159. The fourth-order valence-corrected chi connectivity index (χ4v) is 4.75. The first-order valence-electron chi connectivity index (χ1n) is 13.2. The van der Waals surface area contributed by atoms with E-state index in [4.69, 9.17) is 33.2 Å². The molecule has 5 rings (SSSR count). The van der Waals surface area contributed by atoms with Gasteiger partial charge in [-0.2, -0.15) is 0 Å². The summed E-state index contributed by atoms with van der Waals surface area (Å²) in [6.07, 6.45) is 3.25. The van der Waals surface area contributed by atoms with Crippen molar-refractivity contribution in [2.75, 3.05) is 35.2 Å². The molecule has 0 aliphatic carbocycles. The Bertz CT molecular complexity index is 1440. The van der Waals surface area contributed by atoms with Gasteiger partial charge < -0.3 is 33.2 Å². The highest BCUT2D eigenvalue weighted by molar-refractivity contribution is 5.57. The Balaban J connectivity index is 1.35. The van der Waals surface area contributed by atoms with Gasteiger partial charge in [0.25, 0.3) is 0 Å². The lowest BCUT2D eigenvalue weighted by Crippen LogP contribution is -1.97. The molecule has 0 amide bonds. The summed E-state index contributed by atoms with van der Waals surface area (Å²) in [6.45, 7) is 0.159. The summed E-state index contributed by atoms with van der Waals surface area (Å²) >= 11 is 0. The van der Waals surface area contributed by atoms with Crippen LogP contribution < -0.4 is 33.2 Å². The van der Waals surface area contributed by atoms with Crippen molar-refractivity contribution in [2.24, 2.45) is 0 Å². The van der Waals surface area contributed by atoms with Crippen molar-refractivity contribution in [3.63, 3.8) is 0 Å². The van der Waals surface area contributed by atoms with Gasteiger partial charge in [0, 0.05) is 12.1 Å². The van der Waals surface area contributed by atoms with Crippen molar-refractivity contribution in [1.29, 1.82) is 0 Å². The standard InChI is InChI=1S/C33H34O7/c1-34-26-7-5-6-22(12-26)8-9-24-15-29(37-4)20-30(16-24)40-32-18-25(17-31-33(32)39-21-38-31)11-10-23-13-27(35-2)19-28(14-23)36-3/h5-7,12-20H,8-11,21H2,1-4H3. The third kappa shape index (κ3) is 6.54. The molecule has 0 spiro atoms. The van der Waals surface area contributed by atoms with Crippen LogP contribution in [0.4, 0.5) is 0 Å². The monoisotopic (exact) mass is 542 g/mol. The Hall–Kier alpha value is -4.52. The molecule has 0 aromatic heterocycles. The minimum atomic E-state index is 0.159. The van der Waals surface area contributed by atoms with E-state index in [1.807, 2.05) is 60.7 Å². The van der Waals surface area contributed by atoms with Crippen molar-refractivity contribution < 1.29 is 33.2 Å². The van der Waals surface area contributed by atoms with Crippen LogP contribution in [0.25, 0.3) is 0 Å². The lowest BCUT2D eigenvalue weighted by atomic mass is 10.0. The first kappa shape index (κ1) is 27.1. The van der Waals surface area contributed by atoms with E-state index in [0.29, 0.717) is 23.0 Å². The fourth-order valence-electron chi connectivity index (χ4n) is 4.75. The molecule has 0 saturated carbocycles. The van der Waals surface area contributed by atoms with Gasteiger partial charge in [-0.15, -0.1) is 0 Å². The molecule has 0 saturated heterocycles. The second-order valence-corrected chi connectivity index (χ2v) is 9.52. The first-order chi connectivity index (χ1) is 19.6. The van der Waals surface area contributed by atoms with Crippen molar-refractivity contribution in [3.05, 3.63) is 95.1 Å². The van der Waals surface area contributed by atoms with E-state index >= 15 is 0 Å². The molecule has 1 heterocycles. The fraction of sp³-hybridized carbons (Fsp3) is 0.273. The summed E-state index contributed by atoms with van der Waals surface area (Å²) in [6, 6.07) is 24.0. The maximum atomic E-state index is 6.41. The van der Waals surface area contributed by atoms with Crippen LogP contribution in [0.15, 0.2) is 72.8 Å². The van der Waals surface area contributed by atoms with Crippen LogP contribution in [0.1, 0.15) is 22.3 Å². The molecule has 7 nitrogen and oxygen atoms in total. The van der Waals surface area contributed by atoms with Crippen molar-refractivity contribution >= 4 is 0 Å². The van der Waals surface area contributed by atoms with E-state index in [1.54, 1.807) is 28.4 Å². The van der Waals surface area contributed by atoms with E-state index in [9.17, 15) is 0 Å². The Kier molecular flexibility index (Phi) is 8.50. The maximum absolute atomic E-state index is 6.41. The van der Waals surface area contributed by atoms with Crippen LogP contribution in [0, 0.1) is 0 Å². The second-order valence-electron chi connectivity index (χ2n) is 9.52. The number of hydrogen-bond donors (Lipinski definition) is 0. The molecule has 0 N–H and O–H groups in total. The highest BCUT2D eigenvalue weighted by atomic mass is 16.7. The molecule has 7 heteroatoms. The highest BCUT2D eigenvalue weighted by Crippen LogP contribution is 2.44. The van der Waals surface area contributed by atoms with Gasteiger partial charge in [0.05, 0.1) is 28.4 Å². The molecule has 0 radical (unpaired) electrons. The van der Waals surface area contributed by atoms with Gasteiger partial charge in [-0.25, -0.2) is 0 Å². The van der Waals surface area contributed by atoms with Crippen molar-refractivity contribution in [2.45, 2.75) is 25.7 Å². The second kappa shape index (κ2) is 12.6. The number of methoxy groups -OCH3 is 4. The molecular formula is C33H34O7. The zero-order valence-electron chi connectivity index (χ0n) is 23.3. The number of ether oxygens (including phenoxy) is 7. The van der Waals surface area contributed by atoms with Gasteiger partial charge in [0.1, 0.15) is 28.7 Å². The minimum Gasteiger partial charge on any atom is -0.497 e. The smallest absolute Gasteiger partial charge is 0.231 e. The molecule has 0 unspecified atom stereocenters. The van der Waals surface area contributed by atoms with Gasteiger partial charge in [-0.05, 0) is 96.5 Å². The van der Waals surface area contributed by atoms with Crippen LogP contribution >= 0.6 is 0 Å². The summed E-state index contributed by atoms with van der Waals surface area (Å²) in [5.74, 6) is 5.69. The van der Waals surface area contributed by atoms with E-state index < -0.39 is 0 Å². The van der Waals surface area contributed by atoms with Gasteiger partial charge in [0.2, 0.25) is 12.5 Å².